The van der Waals surface area contributed by atoms with E-state index in [1.165, 1.54) is 64.2 Å². The smallest absolute Gasteiger partial charge is 0.0872 e. The molecule has 0 heterocycles. The maximum absolute atomic E-state index is 9.86. The van der Waals surface area contributed by atoms with Crippen molar-refractivity contribution in [1.29, 1.82) is 0 Å². The highest BCUT2D eigenvalue weighted by atomic mass is 33.1. The van der Waals surface area contributed by atoms with Crippen LogP contribution in [-0.2, 0) is 4.74 Å². The molecule has 0 spiro atoms. The quantitative estimate of drug-likeness (QED) is 0.103. The van der Waals surface area contributed by atoms with E-state index in [0.717, 1.165) is 37.5 Å². The molecule has 0 saturated carbocycles. The monoisotopic (exact) mass is 445 g/mol. The van der Waals surface area contributed by atoms with Crippen molar-refractivity contribution in [3.63, 3.8) is 0 Å². The largest absolute Gasteiger partial charge is 0.390 e. The van der Waals surface area contributed by atoms with E-state index >= 15 is 0 Å². The van der Waals surface area contributed by atoms with E-state index in [0.29, 0.717) is 6.61 Å². The Morgan fingerprint density at radius 2 is 1.52 bits per heavy atom. The first-order chi connectivity index (χ1) is 14.3. The highest BCUT2D eigenvalue weighted by molar-refractivity contribution is 8.76. The van der Waals surface area contributed by atoms with Gasteiger partial charge in [-0.3, -0.25) is 0 Å². The lowest BCUT2D eigenvalue weighted by Crippen LogP contribution is -2.18. The highest BCUT2D eigenvalue weighted by Gasteiger charge is 2.04. The highest BCUT2D eigenvalue weighted by Crippen LogP contribution is 2.21. The summed E-state index contributed by atoms with van der Waals surface area (Å²) in [5.74, 6) is 1.82. The fourth-order valence-electron chi connectivity index (χ4n) is 2.79. The minimum Gasteiger partial charge on any atom is -0.390 e. The molecular formula is C24H47NO2S2. The number of ether oxygens (including phenoxy) is 1. The SMILES string of the molecule is CCCCC/C=C\C/C=C\CCCCCCCCOCC(O)CSSCCNC. The van der Waals surface area contributed by atoms with Crippen molar-refractivity contribution < 1.29 is 9.84 Å². The van der Waals surface area contributed by atoms with Crippen molar-refractivity contribution in [2.45, 2.75) is 90.1 Å². The van der Waals surface area contributed by atoms with Crippen molar-refractivity contribution in [3.8, 4) is 0 Å². The van der Waals surface area contributed by atoms with Crippen LogP contribution in [-0.4, -0.2) is 49.5 Å². The van der Waals surface area contributed by atoms with Crippen LogP contribution in [0, 0.1) is 0 Å². The molecule has 1 unspecified atom stereocenters. The maximum Gasteiger partial charge on any atom is 0.0872 e. The summed E-state index contributed by atoms with van der Waals surface area (Å²) in [4.78, 5) is 0. The van der Waals surface area contributed by atoms with Gasteiger partial charge in [0, 0.05) is 24.7 Å². The molecule has 172 valence electrons. The van der Waals surface area contributed by atoms with Gasteiger partial charge in [0.2, 0.25) is 0 Å². The number of unbranched alkanes of at least 4 members (excludes halogenated alkanes) is 9. The van der Waals surface area contributed by atoms with Crippen molar-refractivity contribution >= 4 is 21.6 Å². The minimum absolute atomic E-state index is 0.341. The lowest BCUT2D eigenvalue weighted by molar-refractivity contribution is 0.0469. The summed E-state index contributed by atoms with van der Waals surface area (Å²) in [5.41, 5.74) is 0. The molecule has 0 saturated heterocycles. The van der Waals surface area contributed by atoms with Gasteiger partial charge in [0.05, 0.1) is 12.7 Å². The van der Waals surface area contributed by atoms with Gasteiger partial charge in [-0.2, -0.15) is 0 Å². The van der Waals surface area contributed by atoms with Gasteiger partial charge in [-0.1, -0.05) is 91.3 Å². The van der Waals surface area contributed by atoms with E-state index < -0.39 is 0 Å². The van der Waals surface area contributed by atoms with Crippen molar-refractivity contribution in [2.24, 2.45) is 0 Å². The average Bonchev–Trinajstić information content (AvgIpc) is 2.72. The molecule has 29 heavy (non-hydrogen) atoms. The fraction of sp³-hybridized carbons (Fsp3) is 0.833. The van der Waals surface area contributed by atoms with Crippen LogP contribution in [0.15, 0.2) is 24.3 Å². The third kappa shape index (κ3) is 26.0. The third-order valence-corrected chi connectivity index (χ3v) is 7.05. The molecule has 0 rings (SSSR count). The standard InChI is InChI=1S/C24H47NO2S2/c1-3-4-5-6-7-8-9-10-11-12-13-14-15-16-17-18-20-27-22-24(26)23-29-28-21-19-25-2/h7-8,10-11,24-26H,3-6,9,12-23H2,1-2H3/b8-7-,11-10-. The van der Waals surface area contributed by atoms with E-state index in [-0.39, 0.29) is 6.10 Å². The maximum atomic E-state index is 9.86. The summed E-state index contributed by atoms with van der Waals surface area (Å²) in [5, 5.41) is 13.0. The first-order valence-corrected chi connectivity index (χ1v) is 14.2. The Morgan fingerprint density at radius 3 is 2.21 bits per heavy atom. The molecular weight excluding hydrogens is 398 g/mol. The molecule has 2 N–H and O–H groups in total. The molecule has 0 aromatic heterocycles. The molecule has 0 amide bonds. The molecule has 0 bridgehead atoms. The summed E-state index contributed by atoms with van der Waals surface area (Å²) in [6.45, 7) is 4.52. The van der Waals surface area contributed by atoms with Crippen LogP contribution in [0.5, 0.6) is 0 Å². The average molecular weight is 446 g/mol. The summed E-state index contributed by atoms with van der Waals surface area (Å²) in [6, 6.07) is 0. The van der Waals surface area contributed by atoms with E-state index in [1.807, 2.05) is 7.05 Å². The van der Waals surface area contributed by atoms with Crippen LogP contribution in [0.1, 0.15) is 84.0 Å². The Labute approximate surface area is 189 Å². The van der Waals surface area contributed by atoms with Gasteiger partial charge in [0.15, 0.2) is 0 Å². The second-order valence-corrected chi connectivity index (χ2v) is 10.2. The Morgan fingerprint density at radius 1 is 0.862 bits per heavy atom. The molecule has 0 aliphatic carbocycles. The molecule has 0 fully saturated rings. The number of nitrogens with one attached hydrogen (secondary N) is 1. The summed E-state index contributed by atoms with van der Waals surface area (Å²) >= 11 is 0. The molecule has 0 aromatic rings. The van der Waals surface area contributed by atoms with Crippen LogP contribution >= 0.6 is 21.6 Å². The van der Waals surface area contributed by atoms with Crippen molar-refractivity contribution in [2.75, 3.05) is 38.3 Å². The van der Waals surface area contributed by atoms with Gasteiger partial charge in [-0.25, -0.2) is 0 Å². The number of aliphatic hydroxyl groups is 1. The van der Waals surface area contributed by atoms with Crippen LogP contribution in [0.4, 0.5) is 0 Å². The van der Waals surface area contributed by atoms with E-state index in [1.54, 1.807) is 21.6 Å². The Kier molecular flexibility index (Phi) is 26.1. The van der Waals surface area contributed by atoms with Gasteiger partial charge in [0.25, 0.3) is 0 Å². The zero-order valence-corrected chi connectivity index (χ0v) is 20.7. The minimum atomic E-state index is -0.341. The second-order valence-electron chi connectivity index (χ2n) is 7.52. The van der Waals surface area contributed by atoms with Crippen LogP contribution < -0.4 is 5.32 Å². The molecule has 3 nitrogen and oxygen atoms in total. The third-order valence-electron chi connectivity index (χ3n) is 4.58. The Hall–Kier alpha value is 0.0600. The molecule has 0 aromatic carbocycles. The Bertz CT molecular complexity index is 365. The molecule has 0 radical (unpaired) electrons. The van der Waals surface area contributed by atoms with Crippen LogP contribution in [0.2, 0.25) is 0 Å². The van der Waals surface area contributed by atoms with E-state index in [4.69, 9.17) is 4.74 Å². The zero-order chi connectivity index (χ0) is 21.3. The first-order valence-electron chi connectivity index (χ1n) is 11.8. The van der Waals surface area contributed by atoms with Gasteiger partial charge in [-0.05, 0) is 45.6 Å². The van der Waals surface area contributed by atoms with Gasteiger partial charge < -0.3 is 15.2 Å². The Balaban J connectivity index is 3.20. The second kappa shape index (κ2) is 26.1. The van der Waals surface area contributed by atoms with Crippen molar-refractivity contribution in [1.82, 2.24) is 5.32 Å². The number of hydrogen-bond donors (Lipinski definition) is 2. The first kappa shape index (κ1) is 29.1. The number of allylic oxidation sites excluding steroid dienone is 4. The van der Waals surface area contributed by atoms with Gasteiger partial charge in [0.1, 0.15) is 0 Å². The van der Waals surface area contributed by atoms with Crippen molar-refractivity contribution in [3.05, 3.63) is 24.3 Å². The summed E-state index contributed by atoms with van der Waals surface area (Å²) in [6.07, 6.45) is 24.1. The van der Waals surface area contributed by atoms with E-state index in [9.17, 15) is 5.11 Å². The predicted molar refractivity (Wildman–Crippen MR) is 135 cm³/mol. The number of aliphatic hydroxyl groups excluding tert-OH is 1. The molecule has 0 aliphatic rings. The predicted octanol–water partition coefficient (Wildman–Crippen LogP) is 6.78. The summed E-state index contributed by atoms with van der Waals surface area (Å²) in [7, 11) is 5.49. The number of rotatable bonds is 23. The lowest BCUT2D eigenvalue weighted by Gasteiger charge is -2.10. The molecule has 1 atom stereocenters. The van der Waals surface area contributed by atoms with Crippen LogP contribution in [0.3, 0.4) is 0 Å². The van der Waals surface area contributed by atoms with Gasteiger partial charge in [-0.15, -0.1) is 0 Å². The summed E-state index contributed by atoms with van der Waals surface area (Å²) < 4.78 is 5.59. The molecule has 0 aliphatic heterocycles. The number of hydrogen-bond acceptors (Lipinski definition) is 5. The zero-order valence-electron chi connectivity index (χ0n) is 19.1. The van der Waals surface area contributed by atoms with E-state index in [2.05, 4.69) is 36.5 Å². The molecule has 5 heteroatoms. The lowest BCUT2D eigenvalue weighted by atomic mass is 10.1. The van der Waals surface area contributed by atoms with Crippen LogP contribution in [0.25, 0.3) is 0 Å². The topological polar surface area (TPSA) is 41.5 Å². The normalized spacial score (nSPS) is 13.1. The van der Waals surface area contributed by atoms with Gasteiger partial charge >= 0.3 is 0 Å². The fourth-order valence-corrected chi connectivity index (χ4v) is 4.91.